The Morgan fingerprint density at radius 3 is 2.50 bits per heavy atom. The molecule has 1 aliphatic heterocycles. The monoisotopic (exact) mass is 266 g/mol. The second kappa shape index (κ2) is 8.02. The second-order valence-electron chi connectivity index (χ2n) is 6.55. The molecule has 1 rings (SSSR count). The van der Waals surface area contributed by atoms with Crippen LogP contribution in [0.1, 0.15) is 58.3 Å². The zero-order chi connectivity index (χ0) is 13.4. The molecule has 0 aromatic rings. The van der Waals surface area contributed by atoms with E-state index >= 15 is 0 Å². The van der Waals surface area contributed by atoms with E-state index in [1.165, 1.54) is 44.9 Å². The van der Waals surface area contributed by atoms with E-state index < -0.39 is 8.07 Å². The average molecular weight is 267 g/mol. The molecule has 0 saturated carbocycles. The normalized spacial score (nSPS) is 25.1. The van der Waals surface area contributed by atoms with E-state index in [9.17, 15) is 0 Å². The largest absolute Gasteiger partial charge is 0.362 e. The fourth-order valence-electron chi connectivity index (χ4n) is 2.31. The van der Waals surface area contributed by atoms with Gasteiger partial charge in [0.15, 0.2) is 0 Å². The Hall–Kier alpha value is -0.263. The highest BCUT2D eigenvalue weighted by Gasteiger charge is 2.19. The standard InChI is InChI=1S/C16H30OSi/c1-5-6-7-10-15-11-8-9-12-16(17-15)13-14-18(2,3)4/h15-16H,5-12H2,1-4H3/t15-,16+/m0/s1. The lowest BCUT2D eigenvalue weighted by atomic mass is 10.1. The first-order valence-electron chi connectivity index (χ1n) is 7.69. The molecule has 1 nitrogen and oxygen atoms in total. The molecule has 0 aliphatic carbocycles. The van der Waals surface area contributed by atoms with Gasteiger partial charge in [0, 0.05) is 0 Å². The molecule has 2 atom stereocenters. The molecule has 0 spiro atoms. The highest BCUT2D eigenvalue weighted by Crippen LogP contribution is 2.22. The molecule has 1 heterocycles. The number of unbranched alkanes of at least 4 members (excludes halogenated alkanes) is 2. The average Bonchev–Trinajstić information content (AvgIpc) is 2.51. The maximum absolute atomic E-state index is 6.20. The van der Waals surface area contributed by atoms with Gasteiger partial charge >= 0.3 is 0 Å². The van der Waals surface area contributed by atoms with Gasteiger partial charge in [0.05, 0.1) is 6.10 Å². The van der Waals surface area contributed by atoms with Gasteiger partial charge < -0.3 is 4.74 Å². The van der Waals surface area contributed by atoms with Crippen molar-refractivity contribution >= 4 is 8.07 Å². The zero-order valence-corrected chi connectivity index (χ0v) is 13.7. The predicted molar refractivity (Wildman–Crippen MR) is 82.4 cm³/mol. The summed E-state index contributed by atoms with van der Waals surface area (Å²) < 4.78 is 6.20. The summed E-state index contributed by atoms with van der Waals surface area (Å²) in [6, 6.07) is 0. The van der Waals surface area contributed by atoms with Crippen LogP contribution in [0.5, 0.6) is 0 Å². The number of hydrogen-bond donors (Lipinski definition) is 0. The van der Waals surface area contributed by atoms with Crippen LogP contribution in [0, 0.1) is 11.5 Å². The molecular formula is C16H30OSi. The second-order valence-corrected chi connectivity index (χ2v) is 11.3. The maximum Gasteiger partial charge on any atom is 0.129 e. The minimum absolute atomic E-state index is 0.214. The minimum Gasteiger partial charge on any atom is -0.362 e. The summed E-state index contributed by atoms with van der Waals surface area (Å²) in [6.45, 7) is 9.16. The summed E-state index contributed by atoms with van der Waals surface area (Å²) in [5.74, 6) is 3.41. The molecule has 0 amide bonds. The highest BCUT2D eigenvalue weighted by atomic mass is 28.3. The van der Waals surface area contributed by atoms with Crippen LogP contribution in [0.4, 0.5) is 0 Å². The van der Waals surface area contributed by atoms with Crippen molar-refractivity contribution in [3.63, 3.8) is 0 Å². The van der Waals surface area contributed by atoms with Crippen LogP contribution in [0.15, 0.2) is 0 Å². The minimum atomic E-state index is -1.25. The van der Waals surface area contributed by atoms with E-state index in [1.54, 1.807) is 0 Å². The topological polar surface area (TPSA) is 9.23 Å². The fraction of sp³-hybridized carbons (Fsp3) is 0.875. The van der Waals surface area contributed by atoms with Crippen molar-refractivity contribution in [1.29, 1.82) is 0 Å². The van der Waals surface area contributed by atoms with Gasteiger partial charge in [0.25, 0.3) is 0 Å². The summed E-state index contributed by atoms with van der Waals surface area (Å²) in [6.07, 6.45) is 10.9. The molecule has 1 fully saturated rings. The van der Waals surface area contributed by atoms with Crippen LogP contribution in [-0.2, 0) is 4.74 Å². The number of hydrogen-bond acceptors (Lipinski definition) is 1. The third-order valence-corrected chi connectivity index (χ3v) is 4.23. The summed E-state index contributed by atoms with van der Waals surface area (Å²) in [4.78, 5) is 0. The van der Waals surface area contributed by atoms with E-state index in [1.807, 2.05) is 0 Å². The van der Waals surface area contributed by atoms with Gasteiger partial charge in [-0.1, -0.05) is 58.2 Å². The molecular weight excluding hydrogens is 236 g/mol. The highest BCUT2D eigenvalue weighted by molar-refractivity contribution is 6.83. The van der Waals surface area contributed by atoms with E-state index in [0.29, 0.717) is 6.10 Å². The predicted octanol–water partition coefficient (Wildman–Crippen LogP) is 4.78. The van der Waals surface area contributed by atoms with Crippen LogP contribution in [0.25, 0.3) is 0 Å². The van der Waals surface area contributed by atoms with Crippen molar-refractivity contribution in [2.75, 3.05) is 0 Å². The zero-order valence-electron chi connectivity index (χ0n) is 12.7. The number of ether oxygens (including phenoxy) is 1. The first-order valence-corrected chi connectivity index (χ1v) is 11.2. The molecule has 0 aromatic carbocycles. The van der Waals surface area contributed by atoms with E-state index in [0.717, 1.165) is 6.42 Å². The smallest absolute Gasteiger partial charge is 0.129 e. The van der Waals surface area contributed by atoms with Gasteiger partial charge in [-0.15, -0.1) is 5.54 Å². The maximum atomic E-state index is 6.20. The van der Waals surface area contributed by atoms with Gasteiger partial charge in [-0.3, -0.25) is 0 Å². The molecule has 0 aromatic heterocycles. The molecule has 1 aliphatic rings. The lowest BCUT2D eigenvalue weighted by Crippen LogP contribution is -2.21. The Balaban J connectivity index is 2.45. The van der Waals surface area contributed by atoms with Gasteiger partial charge in [-0.25, -0.2) is 0 Å². The van der Waals surface area contributed by atoms with Crippen molar-refractivity contribution < 1.29 is 4.74 Å². The van der Waals surface area contributed by atoms with Gasteiger partial charge in [0.2, 0.25) is 0 Å². The molecule has 0 unspecified atom stereocenters. The Bertz CT molecular complexity index is 282. The molecule has 0 radical (unpaired) electrons. The van der Waals surface area contributed by atoms with E-state index in [-0.39, 0.29) is 6.10 Å². The summed E-state index contributed by atoms with van der Waals surface area (Å²) in [5, 5.41) is 0. The van der Waals surface area contributed by atoms with Crippen molar-refractivity contribution in [2.24, 2.45) is 0 Å². The Kier molecular flexibility index (Phi) is 7.03. The third kappa shape index (κ3) is 7.23. The van der Waals surface area contributed by atoms with Crippen molar-refractivity contribution in [2.45, 2.75) is 90.1 Å². The molecule has 104 valence electrons. The van der Waals surface area contributed by atoms with Crippen molar-refractivity contribution in [3.8, 4) is 11.5 Å². The lowest BCUT2D eigenvalue weighted by Gasteiger charge is -2.18. The van der Waals surface area contributed by atoms with E-state index in [2.05, 4.69) is 38.0 Å². The first kappa shape index (κ1) is 15.8. The van der Waals surface area contributed by atoms with Crippen LogP contribution in [0.3, 0.4) is 0 Å². The van der Waals surface area contributed by atoms with Crippen molar-refractivity contribution in [3.05, 3.63) is 0 Å². The van der Waals surface area contributed by atoms with Crippen LogP contribution in [-0.4, -0.2) is 20.3 Å². The Morgan fingerprint density at radius 1 is 1.11 bits per heavy atom. The van der Waals surface area contributed by atoms with Gasteiger partial charge in [0.1, 0.15) is 14.2 Å². The fourth-order valence-corrected chi connectivity index (χ4v) is 2.90. The van der Waals surface area contributed by atoms with Gasteiger partial charge in [-0.05, 0) is 25.7 Å². The molecule has 18 heavy (non-hydrogen) atoms. The Labute approximate surface area is 115 Å². The lowest BCUT2D eigenvalue weighted by molar-refractivity contribution is 0.0161. The first-order chi connectivity index (χ1) is 8.51. The summed E-state index contributed by atoms with van der Waals surface area (Å²) >= 11 is 0. The molecule has 2 heteroatoms. The van der Waals surface area contributed by atoms with Crippen molar-refractivity contribution in [1.82, 2.24) is 0 Å². The SMILES string of the molecule is CCCCC[C@H]1CCCC[C@H](C#C[Si](C)(C)C)O1. The molecule has 0 N–H and O–H groups in total. The van der Waals surface area contributed by atoms with Crippen LogP contribution >= 0.6 is 0 Å². The third-order valence-electron chi connectivity index (χ3n) is 3.34. The summed E-state index contributed by atoms with van der Waals surface area (Å²) in [5.41, 5.74) is 3.47. The van der Waals surface area contributed by atoms with E-state index in [4.69, 9.17) is 4.74 Å². The Morgan fingerprint density at radius 2 is 1.83 bits per heavy atom. The number of rotatable bonds is 4. The van der Waals surface area contributed by atoms with Crippen LogP contribution in [0.2, 0.25) is 19.6 Å². The van der Waals surface area contributed by atoms with Gasteiger partial charge in [-0.2, -0.15) is 0 Å². The molecule has 1 saturated heterocycles. The quantitative estimate of drug-likeness (QED) is 0.404. The summed E-state index contributed by atoms with van der Waals surface area (Å²) in [7, 11) is -1.25. The molecule has 0 bridgehead atoms. The van der Waals surface area contributed by atoms with Crippen LogP contribution < -0.4 is 0 Å².